The predicted molar refractivity (Wildman–Crippen MR) is 144 cm³/mol. The van der Waals surface area contributed by atoms with E-state index in [9.17, 15) is 14.9 Å². The van der Waals surface area contributed by atoms with Gasteiger partial charge in [0.1, 0.15) is 47.1 Å². The van der Waals surface area contributed by atoms with Gasteiger partial charge in [-0.25, -0.2) is 12.5 Å². The highest BCUT2D eigenvalue weighted by atomic mass is 127. The maximum Gasteiger partial charge on any atom is 0.311 e. The van der Waals surface area contributed by atoms with Crippen molar-refractivity contribution >= 4 is 74.5 Å². The van der Waals surface area contributed by atoms with E-state index in [1.54, 1.807) is 18.0 Å². The highest BCUT2D eigenvalue weighted by Gasteiger charge is 2.25. The van der Waals surface area contributed by atoms with Crippen LogP contribution in [0.3, 0.4) is 0 Å². The highest BCUT2D eigenvalue weighted by molar-refractivity contribution is 14.1. The molecule has 4 heterocycles. The Balaban J connectivity index is 1.59. The summed E-state index contributed by atoms with van der Waals surface area (Å²) < 4.78 is 7.06. The summed E-state index contributed by atoms with van der Waals surface area (Å²) in [7, 11) is 0. The van der Waals surface area contributed by atoms with E-state index in [2.05, 4.69) is 15.3 Å². The highest BCUT2D eigenvalue weighted by Crippen LogP contribution is 2.38. The molecule has 1 amide bonds. The van der Waals surface area contributed by atoms with Crippen LogP contribution in [0.2, 0.25) is 0 Å². The lowest BCUT2D eigenvalue weighted by atomic mass is 10.0. The average molecular weight is 604 g/mol. The van der Waals surface area contributed by atoms with Crippen LogP contribution in [0, 0.1) is 10.1 Å². The Morgan fingerprint density at radius 2 is 2.06 bits per heavy atom. The molecule has 0 atom stereocenters. The summed E-state index contributed by atoms with van der Waals surface area (Å²) >= 11 is 2.97. The van der Waals surface area contributed by atoms with Crippen LogP contribution in [-0.2, 0) is 7.31 Å². The first kappa shape index (κ1) is 23.8. The summed E-state index contributed by atoms with van der Waals surface area (Å²) in [6, 6.07) is 9.64. The van der Waals surface area contributed by atoms with Gasteiger partial charge >= 0.3 is 5.69 Å². The number of nitro groups is 1. The molecule has 12 heteroatoms. The molecule has 1 aromatic carbocycles. The number of likely N-dealkylation sites (tertiary alicyclic amines) is 1. The van der Waals surface area contributed by atoms with Crippen molar-refractivity contribution in [3.63, 3.8) is 0 Å². The Morgan fingerprint density at radius 3 is 2.77 bits per heavy atom. The molecule has 0 spiro atoms. The number of carbonyl (C=O) groups is 1. The molecule has 5 rings (SSSR count). The number of hydrogen-bond donors (Lipinski definition) is 1. The Kier molecular flexibility index (Phi) is 6.75. The van der Waals surface area contributed by atoms with Crippen LogP contribution in [0.4, 0.5) is 11.4 Å². The number of amides is 1. The Labute approximate surface area is 219 Å². The number of carbonyl (C=O) groups excluding carboxylic acids is 1. The van der Waals surface area contributed by atoms with Gasteiger partial charge in [-0.05, 0) is 42.7 Å². The number of rotatable bonds is 6. The average Bonchev–Trinajstić information content (AvgIpc) is 3.23. The van der Waals surface area contributed by atoms with Gasteiger partial charge in [0.15, 0.2) is 5.65 Å². The molecule has 10 nitrogen and oxygen atoms in total. The van der Waals surface area contributed by atoms with E-state index >= 15 is 0 Å². The van der Waals surface area contributed by atoms with Crippen LogP contribution < -0.4 is 5.32 Å². The van der Waals surface area contributed by atoms with E-state index in [0.29, 0.717) is 42.5 Å². The fourth-order valence-electron chi connectivity index (χ4n) is 4.53. The molecule has 35 heavy (non-hydrogen) atoms. The van der Waals surface area contributed by atoms with Crippen LogP contribution >= 0.6 is 35.2 Å². The van der Waals surface area contributed by atoms with E-state index in [1.165, 1.54) is 6.20 Å². The van der Waals surface area contributed by atoms with Crippen molar-refractivity contribution < 1.29 is 12.2 Å². The number of aromatic nitrogens is 3. The molecule has 3 aromatic heterocycles. The second-order valence-electron chi connectivity index (χ2n) is 8.31. The maximum absolute atomic E-state index is 11.9. The lowest BCUT2D eigenvalue weighted by Crippen LogP contribution is -2.41. The van der Waals surface area contributed by atoms with Gasteiger partial charge in [-0.15, -0.1) is 0 Å². The number of halogens is 1. The minimum atomic E-state index is -0.406. The topological polar surface area (TPSA) is 115 Å². The van der Waals surface area contributed by atoms with Gasteiger partial charge < -0.3 is 10.2 Å². The smallest absolute Gasteiger partial charge is 0.311 e. The molecule has 0 radical (unpaired) electrons. The molecule has 0 bridgehead atoms. The summed E-state index contributed by atoms with van der Waals surface area (Å²) in [5.74, 6) is 0.0493. The minimum Gasteiger partial charge on any atom is -0.376 e. The zero-order valence-corrected chi connectivity index (χ0v) is 21.7. The summed E-state index contributed by atoms with van der Waals surface area (Å²) in [6.45, 7) is 2.81. The lowest BCUT2D eigenvalue weighted by molar-refractivity contribution is -0.384. The molecule has 1 fully saturated rings. The van der Waals surface area contributed by atoms with Crippen LogP contribution in [0.25, 0.3) is 33.1 Å². The fraction of sp³-hybridized carbons (Fsp3) is 0.261. The molecule has 0 saturated carbocycles. The molecule has 1 aliphatic rings. The Hall–Kier alpha value is -2.97. The molecule has 0 unspecified atom stereocenters. The summed E-state index contributed by atoms with van der Waals surface area (Å²) in [4.78, 5) is 33.8. The number of nitrogens with one attached hydrogen (secondary N) is 1. The summed E-state index contributed by atoms with van der Waals surface area (Å²) in [5, 5.41) is 16.9. The number of hydrogen-bond acceptors (Lipinski definition) is 8. The van der Waals surface area contributed by atoms with Gasteiger partial charge in [-0.2, -0.15) is 0 Å². The third-order valence-electron chi connectivity index (χ3n) is 6.28. The normalized spacial score (nSPS) is 14.5. The van der Waals surface area contributed by atoms with Crippen molar-refractivity contribution in [3.8, 4) is 11.1 Å². The largest absolute Gasteiger partial charge is 0.376 e. The third kappa shape index (κ3) is 4.65. The lowest BCUT2D eigenvalue weighted by Gasteiger charge is -2.32. The first-order valence-corrected chi connectivity index (χ1v) is 12.6. The van der Waals surface area contributed by atoms with E-state index in [1.807, 2.05) is 63.5 Å². The Bertz CT molecular complexity index is 1440. The molecule has 180 valence electrons. The van der Waals surface area contributed by atoms with Crippen LogP contribution in [-0.4, -0.2) is 48.8 Å². The molecule has 1 saturated heterocycles. The minimum absolute atomic E-state index is 0.0156. The first-order valence-electron chi connectivity index (χ1n) is 11.0. The van der Waals surface area contributed by atoms with Gasteiger partial charge in [0, 0.05) is 54.8 Å². The molecular formula is C23H21IN6O4S. The van der Waals surface area contributed by atoms with Crippen LogP contribution in [0.15, 0.2) is 48.9 Å². The second kappa shape index (κ2) is 9.95. The van der Waals surface area contributed by atoms with Gasteiger partial charge in [0.2, 0.25) is 5.91 Å². The van der Waals surface area contributed by atoms with Crippen LogP contribution in [0.1, 0.15) is 19.8 Å². The maximum atomic E-state index is 11.9. The number of piperidine rings is 1. The zero-order chi connectivity index (χ0) is 24.5. The standard InChI is InChI=1S/C23H21IN6O4S/c1-14(31)28-9-6-16(7-10-28)27-22-18-11-15(4-5-20(18)26-12-21(22)30(32)33)19-13-29(35-34-24)23-17(19)3-2-8-25-23/h2-5,8,11-13,16H,6-7,9-10H2,1H3,(H,26,27). The van der Waals surface area contributed by atoms with Crippen molar-refractivity contribution in [1.29, 1.82) is 0 Å². The van der Waals surface area contributed by atoms with E-state index in [-0.39, 0.29) is 17.6 Å². The molecule has 1 N–H and O–H groups in total. The van der Waals surface area contributed by atoms with Crippen molar-refractivity contribution in [2.45, 2.75) is 25.8 Å². The van der Waals surface area contributed by atoms with Crippen molar-refractivity contribution in [2.75, 3.05) is 18.4 Å². The predicted octanol–water partition coefficient (Wildman–Crippen LogP) is 5.36. The number of anilines is 1. The summed E-state index contributed by atoms with van der Waals surface area (Å²) in [5.41, 5.74) is 3.63. The zero-order valence-electron chi connectivity index (χ0n) is 18.7. The summed E-state index contributed by atoms with van der Waals surface area (Å²) in [6.07, 6.45) is 6.40. The van der Waals surface area contributed by atoms with E-state index < -0.39 is 4.92 Å². The molecule has 4 aromatic rings. The monoisotopic (exact) mass is 604 g/mol. The van der Waals surface area contributed by atoms with Crippen molar-refractivity contribution in [3.05, 3.63) is 59.0 Å². The molecule has 1 aliphatic heterocycles. The number of nitrogens with zero attached hydrogens (tertiary/aromatic N) is 5. The second-order valence-corrected chi connectivity index (χ2v) is 10.1. The SMILES string of the molecule is CC(=O)N1CCC(Nc2c([N+](=O)[O-])cnc3ccc(-c4cn(SOI)c5ncccc45)cc23)CC1. The van der Waals surface area contributed by atoms with E-state index in [0.717, 1.165) is 34.4 Å². The van der Waals surface area contributed by atoms with Crippen molar-refractivity contribution in [2.24, 2.45) is 0 Å². The quantitative estimate of drug-likeness (QED) is 0.135. The molecular weight excluding hydrogens is 583 g/mol. The van der Waals surface area contributed by atoms with Crippen LogP contribution in [0.5, 0.6) is 0 Å². The first-order chi connectivity index (χ1) is 17.0. The van der Waals surface area contributed by atoms with Crippen molar-refractivity contribution in [1.82, 2.24) is 18.8 Å². The fourth-order valence-corrected chi connectivity index (χ4v) is 5.48. The van der Waals surface area contributed by atoms with Gasteiger partial charge in [-0.1, -0.05) is 6.07 Å². The third-order valence-corrected chi connectivity index (χ3v) is 7.26. The van der Waals surface area contributed by atoms with Gasteiger partial charge in [0.05, 0.1) is 10.4 Å². The van der Waals surface area contributed by atoms with Gasteiger partial charge in [0.25, 0.3) is 0 Å². The van der Waals surface area contributed by atoms with Gasteiger partial charge in [-0.3, -0.25) is 18.9 Å². The number of pyridine rings is 2. The Morgan fingerprint density at radius 1 is 1.26 bits per heavy atom. The molecule has 0 aliphatic carbocycles. The number of fused-ring (bicyclic) bond motifs is 2. The van der Waals surface area contributed by atoms with E-state index in [4.69, 9.17) is 2.51 Å². The number of benzene rings is 1.